The maximum Gasteiger partial charge on any atom is 0.101 e. The summed E-state index contributed by atoms with van der Waals surface area (Å²) in [6.45, 7) is 3.97. The highest BCUT2D eigenvalue weighted by Gasteiger charge is 1.99. The van der Waals surface area contributed by atoms with E-state index >= 15 is 0 Å². The van der Waals surface area contributed by atoms with Gasteiger partial charge in [-0.25, -0.2) is 4.98 Å². The second-order valence-corrected chi connectivity index (χ2v) is 5.85. The Morgan fingerprint density at radius 3 is 2.56 bits per heavy atom. The highest BCUT2D eigenvalue weighted by atomic mass is 79.9. The zero-order valence-corrected chi connectivity index (χ0v) is 12.6. The zero-order valence-electron chi connectivity index (χ0n) is 10.2. The van der Waals surface area contributed by atoms with Crippen LogP contribution in [0, 0.1) is 0 Å². The van der Waals surface area contributed by atoms with Gasteiger partial charge in [0.25, 0.3) is 0 Å². The minimum absolute atomic E-state index is 0.882. The van der Waals surface area contributed by atoms with E-state index in [-0.39, 0.29) is 0 Å². The molecular weight excluding hydrogens is 308 g/mol. The Kier molecular flexibility index (Phi) is 5.23. The molecule has 1 N–H and O–H groups in total. The van der Waals surface area contributed by atoms with Crippen molar-refractivity contribution < 1.29 is 0 Å². The lowest BCUT2D eigenvalue weighted by Crippen LogP contribution is -2.11. The zero-order chi connectivity index (χ0) is 12.8. The molecule has 2 aromatic rings. The third-order valence-corrected chi connectivity index (χ3v) is 3.90. The van der Waals surface area contributed by atoms with Crippen LogP contribution in [0.1, 0.15) is 12.5 Å². The molecule has 94 valence electrons. The molecule has 0 unspecified atom stereocenters. The maximum atomic E-state index is 4.46. The Hall–Kier alpha value is -0.840. The molecule has 0 saturated carbocycles. The fourth-order valence-corrected chi connectivity index (χ4v) is 2.49. The van der Waals surface area contributed by atoms with Gasteiger partial charge in [-0.1, -0.05) is 40.7 Å². The lowest BCUT2D eigenvalue weighted by molar-refractivity contribution is 0.723. The van der Waals surface area contributed by atoms with Crippen LogP contribution in [0.4, 0.5) is 0 Å². The van der Waals surface area contributed by atoms with Crippen molar-refractivity contribution in [3.05, 3.63) is 52.6 Å². The molecule has 2 rings (SSSR count). The van der Waals surface area contributed by atoms with Crippen LogP contribution < -0.4 is 5.32 Å². The fourth-order valence-electron chi connectivity index (χ4n) is 1.47. The van der Waals surface area contributed by atoms with Gasteiger partial charge in [-0.3, -0.25) is 0 Å². The Morgan fingerprint density at radius 2 is 1.94 bits per heavy atom. The van der Waals surface area contributed by atoms with Crippen molar-refractivity contribution in [1.82, 2.24) is 10.3 Å². The molecule has 0 atom stereocenters. The van der Waals surface area contributed by atoms with Crippen molar-refractivity contribution in [2.24, 2.45) is 0 Å². The predicted octanol–water partition coefficient (Wildman–Crippen LogP) is 4.10. The second-order valence-electron chi connectivity index (χ2n) is 3.84. The van der Waals surface area contributed by atoms with Crippen molar-refractivity contribution in [2.45, 2.75) is 23.4 Å². The molecular formula is C14H15BrN2S. The molecule has 18 heavy (non-hydrogen) atoms. The molecule has 0 bridgehead atoms. The first-order valence-electron chi connectivity index (χ1n) is 5.87. The van der Waals surface area contributed by atoms with Crippen LogP contribution in [-0.4, -0.2) is 11.5 Å². The number of rotatable bonds is 5. The normalized spacial score (nSPS) is 10.6. The second kappa shape index (κ2) is 6.92. The maximum absolute atomic E-state index is 4.46. The molecule has 0 radical (unpaired) electrons. The van der Waals surface area contributed by atoms with Gasteiger partial charge in [-0.15, -0.1) is 0 Å². The van der Waals surface area contributed by atoms with Crippen LogP contribution in [0.15, 0.2) is 57.0 Å². The van der Waals surface area contributed by atoms with Gasteiger partial charge in [-0.05, 0) is 42.4 Å². The predicted molar refractivity (Wildman–Crippen MR) is 79.9 cm³/mol. The smallest absolute Gasteiger partial charge is 0.101 e. The lowest BCUT2D eigenvalue weighted by Gasteiger charge is -2.04. The summed E-state index contributed by atoms with van der Waals surface area (Å²) in [5, 5.41) is 4.31. The molecule has 1 aromatic carbocycles. The summed E-state index contributed by atoms with van der Waals surface area (Å²) in [6.07, 6.45) is 1.93. The van der Waals surface area contributed by atoms with Gasteiger partial charge in [0.15, 0.2) is 0 Å². The topological polar surface area (TPSA) is 24.9 Å². The standard InChI is InChI=1S/C14H15BrN2S/c1-2-16-9-11-3-8-14(17-10-11)18-13-6-4-12(15)5-7-13/h3-8,10,16H,2,9H2,1H3. The first-order chi connectivity index (χ1) is 8.78. The molecule has 2 nitrogen and oxygen atoms in total. The summed E-state index contributed by atoms with van der Waals surface area (Å²) >= 11 is 5.11. The number of benzene rings is 1. The van der Waals surface area contributed by atoms with Gasteiger partial charge in [0.2, 0.25) is 0 Å². The van der Waals surface area contributed by atoms with E-state index in [1.807, 2.05) is 18.3 Å². The van der Waals surface area contributed by atoms with Gasteiger partial charge in [0, 0.05) is 22.1 Å². The molecule has 0 aliphatic heterocycles. The highest BCUT2D eigenvalue weighted by Crippen LogP contribution is 2.26. The summed E-state index contributed by atoms with van der Waals surface area (Å²) in [6, 6.07) is 12.5. The number of nitrogens with one attached hydrogen (secondary N) is 1. The average molecular weight is 323 g/mol. The quantitative estimate of drug-likeness (QED) is 0.896. The van der Waals surface area contributed by atoms with Gasteiger partial charge >= 0.3 is 0 Å². The minimum atomic E-state index is 0.882. The van der Waals surface area contributed by atoms with Crippen LogP contribution in [0.2, 0.25) is 0 Å². The van der Waals surface area contributed by atoms with Crippen LogP contribution in [0.3, 0.4) is 0 Å². The summed E-state index contributed by atoms with van der Waals surface area (Å²) in [5.41, 5.74) is 1.22. The average Bonchev–Trinajstić information content (AvgIpc) is 2.41. The summed E-state index contributed by atoms with van der Waals surface area (Å²) < 4.78 is 1.10. The van der Waals surface area contributed by atoms with Crippen molar-refractivity contribution in [3.8, 4) is 0 Å². The monoisotopic (exact) mass is 322 g/mol. The third-order valence-electron chi connectivity index (χ3n) is 2.41. The molecule has 4 heteroatoms. The number of halogens is 1. The number of hydrogen-bond donors (Lipinski definition) is 1. The van der Waals surface area contributed by atoms with Crippen molar-refractivity contribution in [1.29, 1.82) is 0 Å². The number of aromatic nitrogens is 1. The molecule has 1 aromatic heterocycles. The Balaban J connectivity index is 1.99. The van der Waals surface area contributed by atoms with E-state index in [9.17, 15) is 0 Å². The van der Waals surface area contributed by atoms with E-state index in [1.165, 1.54) is 10.5 Å². The van der Waals surface area contributed by atoms with Crippen LogP contribution >= 0.6 is 27.7 Å². The number of nitrogens with zero attached hydrogens (tertiary/aromatic N) is 1. The Bertz CT molecular complexity index is 482. The fraction of sp³-hybridized carbons (Fsp3) is 0.214. The van der Waals surface area contributed by atoms with Gasteiger partial charge in [0.05, 0.1) is 0 Å². The van der Waals surface area contributed by atoms with Crippen molar-refractivity contribution in [2.75, 3.05) is 6.54 Å². The van der Waals surface area contributed by atoms with Crippen LogP contribution in [-0.2, 0) is 6.54 Å². The molecule has 0 saturated heterocycles. The number of hydrogen-bond acceptors (Lipinski definition) is 3. The molecule has 0 aliphatic rings. The van der Waals surface area contributed by atoms with E-state index in [4.69, 9.17) is 0 Å². The van der Waals surface area contributed by atoms with E-state index in [1.54, 1.807) is 11.8 Å². The molecule has 0 spiro atoms. The van der Waals surface area contributed by atoms with E-state index in [0.717, 1.165) is 22.6 Å². The van der Waals surface area contributed by atoms with Gasteiger partial charge in [-0.2, -0.15) is 0 Å². The molecule has 0 amide bonds. The number of pyridine rings is 1. The summed E-state index contributed by atoms with van der Waals surface area (Å²) in [7, 11) is 0. The Morgan fingerprint density at radius 1 is 1.17 bits per heavy atom. The van der Waals surface area contributed by atoms with Gasteiger partial charge < -0.3 is 5.32 Å². The Labute approximate surface area is 120 Å². The molecule has 0 fully saturated rings. The van der Waals surface area contributed by atoms with E-state index in [2.05, 4.69) is 57.4 Å². The first-order valence-corrected chi connectivity index (χ1v) is 7.48. The largest absolute Gasteiger partial charge is 0.313 e. The van der Waals surface area contributed by atoms with Crippen LogP contribution in [0.25, 0.3) is 0 Å². The summed E-state index contributed by atoms with van der Waals surface area (Å²) in [5.74, 6) is 0. The summed E-state index contributed by atoms with van der Waals surface area (Å²) in [4.78, 5) is 5.66. The van der Waals surface area contributed by atoms with Crippen LogP contribution in [0.5, 0.6) is 0 Å². The van der Waals surface area contributed by atoms with E-state index < -0.39 is 0 Å². The lowest BCUT2D eigenvalue weighted by atomic mass is 10.3. The highest BCUT2D eigenvalue weighted by molar-refractivity contribution is 9.10. The van der Waals surface area contributed by atoms with Gasteiger partial charge in [0.1, 0.15) is 5.03 Å². The SMILES string of the molecule is CCNCc1ccc(Sc2ccc(Br)cc2)nc1. The van der Waals surface area contributed by atoms with Crippen molar-refractivity contribution in [3.63, 3.8) is 0 Å². The minimum Gasteiger partial charge on any atom is -0.313 e. The molecule has 0 aliphatic carbocycles. The van der Waals surface area contributed by atoms with E-state index in [0.29, 0.717) is 0 Å². The first kappa shape index (κ1) is 13.6. The third kappa shape index (κ3) is 4.12. The molecule has 1 heterocycles. The van der Waals surface area contributed by atoms with Crippen molar-refractivity contribution >= 4 is 27.7 Å².